The van der Waals surface area contributed by atoms with Gasteiger partial charge >= 0.3 is 5.97 Å². The molecule has 0 aliphatic carbocycles. The molecule has 8 heteroatoms. The average Bonchev–Trinajstić information content (AvgIpc) is 3.51. The standard InChI is InChI=1S/C23H20N4O4/c1-14-17(15(2)27-23(24-14)18-6-3-4-7-19(18)25-27)9-10-22(28)30-13-16-12-21(31-26-16)20-8-5-11-29-20/h3-8,11-12H,9-10,13H2,1-2H3. The van der Waals surface area contributed by atoms with E-state index in [2.05, 4.69) is 10.3 Å². The SMILES string of the molecule is Cc1nc2c3ccccc3nn2c(C)c1CCC(=O)OCc1cc(-c2ccco2)on1. The van der Waals surface area contributed by atoms with Crippen LogP contribution >= 0.6 is 0 Å². The van der Waals surface area contributed by atoms with Crippen molar-refractivity contribution in [3.05, 3.63) is 71.4 Å². The van der Waals surface area contributed by atoms with E-state index in [1.54, 1.807) is 24.5 Å². The predicted molar refractivity (Wildman–Crippen MR) is 112 cm³/mol. The summed E-state index contributed by atoms with van der Waals surface area (Å²) in [5.41, 5.74) is 5.12. The number of rotatable bonds is 6. The number of benzene rings is 1. The molecule has 0 spiro atoms. The second-order valence-electron chi connectivity index (χ2n) is 7.33. The van der Waals surface area contributed by atoms with Gasteiger partial charge in [0.15, 0.2) is 11.4 Å². The minimum Gasteiger partial charge on any atom is -0.461 e. The Bertz CT molecular complexity index is 1380. The Kier molecular flexibility index (Phi) is 4.74. The van der Waals surface area contributed by atoms with Gasteiger partial charge in [-0.3, -0.25) is 4.79 Å². The Hall–Kier alpha value is -3.94. The normalized spacial score (nSPS) is 11.4. The molecule has 8 nitrogen and oxygen atoms in total. The van der Waals surface area contributed by atoms with Crippen LogP contribution in [-0.4, -0.2) is 25.7 Å². The van der Waals surface area contributed by atoms with Crippen LogP contribution in [0.4, 0.5) is 0 Å². The Morgan fingerprint density at radius 1 is 1.13 bits per heavy atom. The van der Waals surface area contributed by atoms with E-state index in [0.29, 0.717) is 23.6 Å². The van der Waals surface area contributed by atoms with E-state index in [1.807, 2.05) is 42.6 Å². The molecule has 0 aliphatic heterocycles. The van der Waals surface area contributed by atoms with Crippen LogP contribution in [0.5, 0.6) is 0 Å². The Morgan fingerprint density at radius 2 is 2.00 bits per heavy atom. The highest BCUT2D eigenvalue weighted by atomic mass is 16.5. The molecule has 0 radical (unpaired) electrons. The average molecular weight is 416 g/mol. The second kappa shape index (κ2) is 7.71. The van der Waals surface area contributed by atoms with Gasteiger partial charge in [-0.25, -0.2) is 9.50 Å². The number of hydrogen-bond acceptors (Lipinski definition) is 7. The van der Waals surface area contributed by atoms with E-state index in [9.17, 15) is 4.79 Å². The maximum atomic E-state index is 12.3. The fraction of sp³-hybridized carbons (Fsp3) is 0.217. The summed E-state index contributed by atoms with van der Waals surface area (Å²) in [4.78, 5) is 17.1. The highest BCUT2D eigenvalue weighted by molar-refractivity contribution is 5.92. The topological polar surface area (TPSA) is 95.7 Å². The van der Waals surface area contributed by atoms with E-state index in [0.717, 1.165) is 33.5 Å². The van der Waals surface area contributed by atoms with Crippen molar-refractivity contribution >= 4 is 22.5 Å². The lowest BCUT2D eigenvalue weighted by atomic mass is 10.1. The van der Waals surface area contributed by atoms with Gasteiger partial charge in [0.1, 0.15) is 12.3 Å². The third kappa shape index (κ3) is 3.56. The third-order valence-electron chi connectivity index (χ3n) is 5.30. The first-order chi connectivity index (χ1) is 15.1. The number of esters is 1. The van der Waals surface area contributed by atoms with Crippen molar-refractivity contribution in [3.63, 3.8) is 0 Å². The van der Waals surface area contributed by atoms with Gasteiger partial charge in [-0.1, -0.05) is 17.3 Å². The maximum absolute atomic E-state index is 12.3. The largest absolute Gasteiger partial charge is 0.461 e. The highest BCUT2D eigenvalue weighted by Crippen LogP contribution is 2.23. The first-order valence-electron chi connectivity index (χ1n) is 9.99. The summed E-state index contributed by atoms with van der Waals surface area (Å²) < 4.78 is 17.7. The number of fused-ring (bicyclic) bond motifs is 3. The minimum absolute atomic E-state index is 0.0445. The fourth-order valence-electron chi connectivity index (χ4n) is 3.71. The van der Waals surface area contributed by atoms with Gasteiger partial charge < -0.3 is 13.7 Å². The lowest BCUT2D eigenvalue weighted by molar-refractivity contribution is -0.145. The summed E-state index contributed by atoms with van der Waals surface area (Å²) in [5, 5.41) is 9.58. The van der Waals surface area contributed by atoms with Gasteiger partial charge in [0, 0.05) is 29.3 Å². The number of carbonyl (C=O) groups excluding carboxylic acids is 1. The molecule has 0 N–H and O–H groups in total. The number of nitrogens with zero attached hydrogens (tertiary/aromatic N) is 4. The fourth-order valence-corrected chi connectivity index (χ4v) is 3.71. The molecule has 4 aromatic heterocycles. The molecule has 0 bridgehead atoms. The van der Waals surface area contributed by atoms with E-state index in [-0.39, 0.29) is 19.0 Å². The van der Waals surface area contributed by atoms with Crippen LogP contribution in [0.3, 0.4) is 0 Å². The molecule has 5 rings (SSSR count). The minimum atomic E-state index is -0.313. The van der Waals surface area contributed by atoms with E-state index >= 15 is 0 Å². The van der Waals surface area contributed by atoms with Crippen molar-refractivity contribution in [2.24, 2.45) is 0 Å². The first-order valence-corrected chi connectivity index (χ1v) is 9.99. The van der Waals surface area contributed by atoms with Gasteiger partial charge in [-0.15, -0.1) is 0 Å². The molecule has 31 heavy (non-hydrogen) atoms. The van der Waals surface area contributed by atoms with Crippen LogP contribution < -0.4 is 0 Å². The zero-order chi connectivity index (χ0) is 21.4. The van der Waals surface area contributed by atoms with Crippen LogP contribution in [-0.2, 0) is 22.6 Å². The van der Waals surface area contributed by atoms with E-state index < -0.39 is 0 Å². The monoisotopic (exact) mass is 416 g/mol. The van der Waals surface area contributed by atoms with Gasteiger partial charge in [0.2, 0.25) is 5.76 Å². The van der Waals surface area contributed by atoms with Crippen molar-refractivity contribution in [2.45, 2.75) is 33.3 Å². The summed E-state index contributed by atoms with van der Waals surface area (Å²) in [6.07, 6.45) is 2.31. The first kappa shape index (κ1) is 19.0. The smallest absolute Gasteiger partial charge is 0.306 e. The molecule has 0 amide bonds. The van der Waals surface area contributed by atoms with Crippen LogP contribution in [0.2, 0.25) is 0 Å². The third-order valence-corrected chi connectivity index (χ3v) is 5.30. The van der Waals surface area contributed by atoms with E-state index in [4.69, 9.17) is 18.7 Å². The van der Waals surface area contributed by atoms with Crippen LogP contribution in [0.1, 0.15) is 29.1 Å². The zero-order valence-electron chi connectivity index (χ0n) is 17.2. The zero-order valence-corrected chi connectivity index (χ0v) is 17.2. The van der Waals surface area contributed by atoms with Crippen molar-refractivity contribution in [1.29, 1.82) is 0 Å². The summed E-state index contributed by atoms with van der Waals surface area (Å²) in [5.74, 6) is 0.755. The van der Waals surface area contributed by atoms with Gasteiger partial charge in [-0.2, -0.15) is 5.10 Å². The molecule has 0 saturated heterocycles. The number of carbonyl (C=O) groups is 1. The van der Waals surface area contributed by atoms with Crippen molar-refractivity contribution in [2.75, 3.05) is 0 Å². The molecule has 0 aliphatic rings. The van der Waals surface area contributed by atoms with Crippen LogP contribution in [0.15, 0.2) is 57.7 Å². The van der Waals surface area contributed by atoms with Gasteiger partial charge in [-0.05, 0) is 50.1 Å². The summed E-state index contributed by atoms with van der Waals surface area (Å²) in [6, 6.07) is 13.2. The Labute approximate surface area is 177 Å². The molecular weight excluding hydrogens is 396 g/mol. The summed E-state index contributed by atoms with van der Waals surface area (Å²) in [6.45, 7) is 4.00. The van der Waals surface area contributed by atoms with E-state index in [1.165, 1.54) is 0 Å². The number of aromatic nitrogens is 4. The molecule has 0 saturated carbocycles. The molecule has 156 valence electrons. The predicted octanol–water partition coefficient (Wildman–Crippen LogP) is 4.42. The molecule has 4 heterocycles. The molecular formula is C23H20N4O4. The van der Waals surface area contributed by atoms with Crippen LogP contribution in [0.25, 0.3) is 28.1 Å². The molecule has 5 aromatic rings. The number of hydrogen-bond donors (Lipinski definition) is 0. The van der Waals surface area contributed by atoms with Crippen LogP contribution in [0, 0.1) is 13.8 Å². The highest BCUT2D eigenvalue weighted by Gasteiger charge is 2.16. The van der Waals surface area contributed by atoms with Crippen molar-refractivity contribution < 1.29 is 18.5 Å². The summed E-state index contributed by atoms with van der Waals surface area (Å²) in [7, 11) is 0. The van der Waals surface area contributed by atoms with Crippen molar-refractivity contribution in [1.82, 2.24) is 19.8 Å². The maximum Gasteiger partial charge on any atom is 0.306 e. The Balaban J connectivity index is 1.26. The lowest BCUT2D eigenvalue weighted by Gasteiger charge is -2.11. The quantitative estimate of drug-likeness (QED) is 0.378. The molecule has 1 aromatic carbocycles. The van der Waals surface area contributed by atoms with Crippen molar-refractivity contribution in [3.8, 4) is 11.5 Å². The number of ether oxygens (including phenoxy) is 1. The Morgan fingerprint density at radius 3 is 2.84 bits per heavy atom. The summed E-state index contributed by atoms with van der Waals surface area (Å²) >= 11 is 0. The van der Waals surface area contributed by atoms with Gasteiger partial charge in [0.25, 0.3) is 0 Å². The number of furan rings is 1. The molecule has 0 atom stereocenters. The molecule has 0 fully saturated rings. The second-order valence-corrected chi connectivity index (χ2v) is 7.33. The lowest BCUT2D eigenvalue weighted by Crippen LogP contribution is -2.10. The molecule has 0 unspecified atom stereocenters. The number of aryl methyl sites for hydroxylation is 2. The van der Waals surface area contributed by atoms with Gasteiger partial charge in [0.05, 0.1) is 11.8 Å².